The van der Waals surface area contributed by atoms with E-state index in [-0.39, 0.29) is 11.9 Å². The van der Waals surface area contributed by atoms with E-state index in [4.69, 9.17) is 0 Å². The van der Waals surface area contributed by atoms with Crippen LogP contribution in [-0.2, 0) is 11.3 Å². The second-order valence-electron chi connectivity index (χ2n) is 4.06. The zero-order chi connectivity index (χ0) is 11.4. The number of nitrogens with one attached hydrogen (secondary N) is 1. The van der Waals surface area contributed by atoms with Crippen molar-refractivity contribution in [2.75, 3.05) is 19.6 Å². The van der Waals surface area contributed by atoms with Gasteiger partial charge in [-0.15, -0.1) is 5.10 Å². The van der Waals surface area contributed by atoms with Gasteiger partial charge in [0.05, 0.1) is 12.7 Å². The molecular formula is C10H17N5O. The highest BCUT2D eigenvalue weighted by atomic mass is 16.2. The summed E-state index contributed by atoms with van der Waals surface area (Å²) in [5.41, 5.74) is 0. The number of aryl methyl sites for hydroxylation is 1. The summed E-state index contributed by atoms with van der Waals surface area (Å²) in [4.78, 5) is 13.9. The van der Waals surface area contributed by atoms with Crippen LogP contribution >= 0.6 is 0 Å². The number of nitrogens with zero attached hydrogens (tertiary/aromatic N) is 4. The van der Waals surface area contributed by atoms with E-state index >= 15 is 0 Å². The first-order valence-corrected chi connectivity index (χ1v) is 5.61. The summed E-state index contributed by atoms with van der Waals surface area (Å²) in [5, 5.41) is 10.8. The van der Waals surface area contributed by atoms with Crippen LogP contribution in [-0.4, -0.2) is 51.5 Å². The van der Waals surface area contributed by atoms with E-state index in [1.807, 2.05) is 4.90 Å². The average Bonchev–Trinajstić information content (AvgIpc) is 2.79. The summed E-state index contributed by atoms with van der Waals surface area (Å²) in [7, 11) is 0. The number of carbonyl (C=O) groups is 1. The second kappa shape index (κ2) is 5.07. The molecule has 1 N–H and O–H groups in total. The van der Waals surface area contributed by atoms with Gasteiger partial charge in [0.2, 0.25) is 5.91 Å². The van der Waals surface area contributed by atoms with Gasteiger partial charge in [0.1, 0.15) is 0 Å². The molecule has 1 amide bonds. The Hall–Kier alpha value is -1.43. The average molecular weight is 223 g/mol. The predicted molar refractivity (Wildman–Crippen MR) is 58.7 cm³/mol. The van der Waals surface area contributed by atoms with E-state index in [1.54, 1.807) is 17.1 Å². The summed E-state index contributed by atoms with van der Waals surface area (Å²) in [5.74, 6) is 0.199. The fraction of sp³-hybridized carbons (Fsp3) is 0.700. The Morgan fingerprint density at radius 1 is 1.62 bits per heavy atom. The summed E-state index contributed by atoms with van der Waals surface area (Å²) in [6.07, 6.45) is 3.89. The third-order valence-electron chi connectivity index (χ3n) is 2.85. The third kappa shape index (κ3) is 2.57. The van der Waals surface area contributed by atoms with Crippen LogP contribution in [0.2, 0.25) is 0 Å². The van der Waals surface area contributed by atoms with Gasteiger partial charge in [-0.2, -0.15) is 0 Å². The van der Waals surface area contributed by atoms with Gasteiger partial charge < -0.3 is 10.2 Å². The number of hydrogen-bond acceptors (Lipinski definition) is 4. The summed E-state index contributed by atoms with van der Waals surface area (Å²) < 4.78 is 1.69. The molecule has 6 nitrogen and oxygen atoms in total. The van der Waals surface area contributed by atoms with Crippen LogP contribution in [0.3, 0.4) is 0 Å². The van der Waals surface area contributed by atoms with Crippen LogP contribution in [0.25, 0.3) is 0 Å². The quantitative estimate of drug-likeness (QED) is 0.749. The first-order chi connectivity index (χ1) is 7.77. The molecule has 1 aliphatic rings. The summed E-state index contributed by atoms with van der Waals surface area (Å²) >= 11 is 0. The van der Waals surface area contributed by atoms with E-state index < -0.39 is 0 Å². The molecular weight excluding hydrogens is 206 g/mol. The van der Waals surface area contributed by atoms with Gasteiger partial charge in [0.25, 0.3) is 0 Å². The number of rotatable bonds is 3. The van der Waals surface area contributed by atoms with Crippen molar-refractivity contribution < 1.29 is 4.79 Å². The molecule has 1 aliphatic heterocycles. The Balaban J connectivity index is 1.83. The minimum atomic E-state index is 0.199. The van der Waals surface area contributed by atoms with Crippen LogP contribution in [0.15, 0.2) is 12.4 Å². The molecule has 1 aromatic heterocycles. The Kier molecular flexibility index (Phi) is 3.51. The van der Waals surface area contributed by atoms with Gasteiger partial charge in [-0.3, -0.25) is 9.48 Å². The molecule has 1 atom stereocenters. The molecule has 1 aromatic rings. The molecule has 1 saturated heterocycles. The van der Waals surface area contributed by atoms with Crippen LogP contribution in [0.5, 0.6) is 0 Å². The van der Waals surface area contributed by atoms with Crippen molar-refractivity contribution in [1.29, 1.82) is 0 Å². The highest BCUT2D eigenvalue weighted by Crippen LogP contribution is 2.05. The van der Waals surface area contributed by atoms with Crippen molar-refractivity contribution in [3.8, 4) is 0 Å². The maximum Gasteiger partial charge on any atom is 0.224 e. The van der Waals surface area contributed by atoms with E-state index in [0.29, 0.717) is 13.0 Å². The van der Waals surface area contributed by atoms with Gasteiger partial charge in [-0.1, -0.05) is 5.21 Å². The molecule has 0 unspecified atom stereocenters. The van der Waals surface area contributed by atoms with Crippen molar-refractivity contribution in [2.24, 2.45) is 0 Å². The lowest BCUT2D eigenvalue weighted by Crippen LogP contribution is -2.52. The highest BCUT2D eigenvalue weighted by Gasteiger charge is 2.22. The predicted octanol–water partition coefficient (Wildman–Crippen LogP) is -0.511. The van der Waals surface area contributed by atoms with Gasteiger partial charge in [-0.05, 0) is 6.92 Å². The molecule has 0 spiro atoms. The van der Waals surface area contributed by atoms with Crippen LogP contribution in [0.4, 0.5) is 0 Å². The maximum atomic E-state index is 11.9. The van der Waals surface area contributed by atoms with Gasteiger partial charge in [0.15, 0.2) is 0 Å². The number of aromatic nitrogens is 3. The topological polar surface area (TPSA) is 63.1 Å². The molecule has 6 heteroatoms. The molecule has 0 saturated carbocycles. The van der Waals surface area contributed by atoms with Crippen molar-refractivity contribution in [3.63, 3.8) is 0 Å². The smallest absolute Gasteiger partial charge is 0.224 e. The molecule has 88 valence electrons. The SMILES string of the molecule is C[C@H]1CNCCN1C(=O)CCn1ccnn1. The summed E-state index contributed by atoms with van der Waals surface area (Å²) in [6, 6.07) is 0.289. The number of amides is 1. The molecule has 16 heavy (non-hydrogen) atoms. The van der Waals surface area contributed by atoms with E-state index in [1.165, 1.54) is 0 Å². The van der Waals surface area contributed by atoms with Crippen LogP contribution in [0.1, 0.15) is 13.3 Å². The lowest BCUT2D eigenvalue weighted by atomic mass is 10.2. The summed E-state index contributed by atoms with van der Waals surface area (Å²) in [6.45, 7) is 5.25. The maximum absolute atomic E-state index is 11.9. The number of hydrogen-bond donors (Lipinski definition) is 1. The van der Waals surface area contributed by atoms with Crippen molar-refractivity contribution in [3.05, 3.63) is 12.4 Å². The lowest BCUT2D eigenvalue weighted by Gasteiger charge is -2.34. The second-order valence-corrected chi connectivity index (χ2v) is 4.06. The largest absolute Gasteiger partial charge is 0.337 e. The Morgan fingerprint density at radius 2 is 2.50 bits per heavy atom. The normalized spacial score (nSPS) is 21.1. The van der Waals surface area contributed by atoms with E-state index in [9.17, 15) is 4.79 Å². The van der Waals surface area contributed by atoms with Crippen LogP contribution < -0.4 is 5.32 Å². The highest BCUT2D eigenvalue weighted by molar-refractivity contribution is 5.76. The molecule has 0 aliphatic carbocycles. The molecule has 1 fully saturated rings. The van der Waals surface area contributed by atoms with Crippen molar-refractivity contribution in [1.82, 2.24) is 25.2 Å². The molecule has 0 aromatic carbocycles. The van der Waals surface area contributed by atoms with E-state index in [0.717, 1.165) is 19.6 Å². The molecule has 2 rings (SSSR count). The third-order valence-corrected chi connectivity index (χ3v) is 2.85. The Labute approximate surface area is 94.6 Å². The first kappa shape index (κ1) is 11.1. The van der Waals surface area contributed by atoms with Gasteiger partial charge in [0, 0.05) is 38.3 Å². The van der Waals surface area contributed by atoms with E-state index in [2.05, 4.69) is 22.6 Å². The number of carbonyl (C=O) groups excluding carboxylic acids is 1. The van der Waals surface area contributed by atoms with Crippen LogP contribution in [0, 0.1) is 0 Å². The first-order valence-electron chi connectivity index (χ1n) is 5.61. The van der Waals surface area contributed by atoms with Gasteiger partial charge in [-0.25, -0.2) is 0 Å². The minimum Gasteiger partial charge on any atom is -0.337 e. The standard InChI is InChI=1S/C10H17N5O/c1-9-8-11-3-7-15(9)10(16)2-5-14-6-4-12-13-14/h4,6,9,11H,2-3,5,7-8H2,1H3/t9-/m0/s1. The fourth-order valence-electron chi connectivity index (χ4n) is 1.92. The molecule has 2 heterocycles. The van der Waals surface area contributed by atoms with Crippen molar-refractivity contribution >= 4 is 5.91 Å². The fourth-order valence-corrected chi connectivity index (χ4v) is 1.92. The monoisotopic (exact) mass is 223 g/mol. The van der Waals surface area contributed by atoms with Gasteiger partial charge >= 0.3 is 0 Å². The van der Waals surface area contributed by atoms with Crippen molar-refractivity contribution in [2.45, 2.75) is 25.9 Å². The molecule has 0 radical (unpaired) electrons. The Morgan fingerprint density at radius 3 is 3.19 bits per heavy atom. The zero-order valence-corrected chi connectivity index (χ0v) is 9.46. The minimum absolute atomic E-state index is 0.199. The molecule has 0 bridgehead atoms. The lowest BCUT2D eigenvalue weighted by molar-refractivity contribution is -0.134. The number of piperazine rings is 1. The Bertz CT molecular complexity index is 337. The zero-order valence-electron chi connectivity index (χ0n) is 9.46.